The first kappa shape index (κ1) is 26.8. The van der Waals surface area contributed by atoms with Crippen LogP contribution in [0.4, 0.5) is 0 Å². The monoisotopic (exact) mass is 569 g/mol. The molecule has 1 amide bonds. The van der Waals surface area contributed by atoms with Gasteiger partial charge in [-0.05, 0) is 56.2 Å². The molecule has 1 aromatic heterocycles. The van der Waals surface area contributed by atoms with E-state index in [0.29, 0.717) is 33.4 Å². The van der Waals surface area contributed by atoms with Crippen LogP contribution in [-0.4, -0.2) is 48.9 Å². The molecule has 0 unspecified atom stereocenters. The third-order valence-electron chi connectivity index (χ3n) is 5.79. The summed E-state index contributed by atoms with van der Waals surface area (Å²) < 4.78 is 34.8. The predicted molar refractivity (Wildman–Crippen MR) is 140 cm³/mol. The van der Waals surface area contributed by atoms with Crippen molar-refractivity contribution in [2.75, 3.05) is 19.7 Å². The van der Waals surface area contributed by atoms with Crippen LogP contribution in [0.25, 0.3) is 10.2 Å². The molecule has 1 aliphatic heterocycles. The fourth-order valence-corrected chi connectivity index (χ4v) is 7.38. The molecule has 8 nitrogen and oxygen atoms in total. The van der Waals surface area contributed by atoms with Crippen LogP contribution in [0.3, 0.4) is 0 Å². The summed E-state index contributed by atoms with van der Waals surface area (Å²) in [5, 5.41) is 0.728. The van der Waals surface area contributed by atoms with E-state index in [1.54, 1.807) is 19.1 Å². The molecule has 0 bridgehead atoms. The molecule has 0 atom stereocenters. The number of hydrogen-bond acceptors (Lipinski definition) is 6. The average molecular weight is 571 g/mol. The number of rotatable bonds is 6. The highest BCUT2D eigenvalue weighted by atomic mass is 35.5. The molecule has 2 aromatic carbocycles. The van der Waals surface area contributed by atoms with Crippen LogP contribution in [0.5, 0.6) is 0 Å². The van der Waals surface area contributed by atoms with E-state index in [9.17, 15) is 18.0 Å². The Labute approximate surface area is 223 Å². The number of thiazole rings is 1. The highest BCUT2D eigenvalue weighted by Gasteiger charge is 2.25. The van der Waals surface area contributed by atoms with E-state index in [2.05, 4.69) is 4.99 Å². The quantitative estimate of drug-likeness (QED) is 0.394. The molecule has 0 N–H and O–H groups in total. The lowest BCUT2D eigenvalue weighted by Crippen LogP contribution is -2.31. The number of hydrogen-bond donors (Lipinski definition) is 0. The number of ether oxygens (including phenoxy) is 1. The first-order valence-electron chi connectivity index (χ1n) is 11.5. The van der Waals surface area contributed by atoms with E-state index in [1.165, 1.54) is 33.1 Å². The molecule has 0 saturated carbocycles. The Morgan fingerprint density at radius 1 is 1.06 bits per heavy atom. The van der Waals surface area contributed by atoms with Crippen molar-refractivity contribution in [3.63, 3.8) is 0 Å². The SMILES string of the molecule is CCOC(=O)Cn1c(=NC(=O)c2ccc(S(=O)(=O)N3CCCCCC3)cc2)sc2cc(Cl)cc(Cl)c21. The van der Waals surface area contributed by atoms with Gasteiger partial charge in [0.2, 0.25) is 10.0 Å². The van der Waals surface area contributed by atoms with Crippen molar-refractivity contribution in [2.45, 2.75) is 44.0 Å². The summed E-state index contributed by atoms with van der Waals surface area (Å²) in [7, 11) is -3.63. The lowest BCUT2D eigenvalue weighted by Gasteiger charge is -2.19. The molecule has 0 aliphatic carbocycles. The zero-order valence-corrected chi connectivity index (χ0v) is 22.7. The Morgan fingerprint density at radius 2 is 1.72 bits per heavy atom. The van der Waals surface area contributed by atoms with Crippen LogP contribution in [0, 0.1) is 0 Å². The largest absolute Gasteiger partial charge is 0.465 e. The van der Waals surface area contributed by atoms with Gasteiger partial charge in [0.1, 0.15) is 6.54 Å². The topological polar surface area (TPSA) is 98.0 Å². The van der Waals surface area contributed by atoms with Gasteiger partial charge in [-0.15, -0.1) is 0 Å². The number of fused-ring (bicyclic) bond motifs is 1. The van der Waals surface area contributed by atoms with Crippen molar-refractivity contribution >= 4 is 66.7 Å². The molecule has 0 radical (unpaired) electrons. The van der Waals surface area contributed by atoms with Crippen LogP contribution in [0.2, 0.25) is 10.0 Å². The molecule has 36 heavy (non-hydrogen) atoms. The maximum absolute atomic E-state index is 13.0. The molecule has 2 heterocycles. The second-order valence-electron chi connectivity index (χ2n) is 8.27. The van der Waals surface area contributed by atoms with Gasteiger partial charge < -0.3 is 9.30 Å². The molecule has 1 fully saturated rings. The minimum absolute atomic E-state index is 0.140. The van der Waals surface area contributed by atoms with E-state index in [0.717, 1.165) is 37.0 Å². The number of carbonyl (C=O) groups excluding carboxylic acids is 2. The lowest BCUT2D eigenvalue weighted by molar-refractivity contribution is -0.143. The van der Waals surface area contributed by atoms with Crippen molar-refractivity contribution < 1.29 is 22.7 Å². The molecule has 12 heteroatoms. The van der Waals surface area contributed by atoms with Crippen LogP contribution in [0.1, 0.15) is 43.0 Å². The summed E-state index contributed by atoms with van der Waals surface area (Å²) in [5.74, 6) is -1.08. The number of halogens is 2. The van der Waals surface area contributed by atoms with E-state index in [4.69, 9.17) is 27.9 Å². The number of carbonyl (C=O) groups is 2. The van der Waals surface area contributed by atoms with Crippen molar-refractivity contribution in [1.29, 1.82) is 0 Å². The summed E-state index contributed by atoms with van der Waals surface area (Å²) in [6, 6.07) is 8.98. The maximum Gasteiger partial charge on any atom is 0.326 e. The van der Waals surface area contributed by atoms with Crippen LogP contribution in [-0.2, 0) is 26.1 Å². The molecule has 0 spiro atoms. The second-order valence-corrected chi connectivity index (χ2v) is 12.1. The summed E-state index contributed by atoms with van der Waals surface area (Å²) in [4.78, 5) is 29.8. The van der Waals surface area contributed by atoms with Crippen molar-refractivity contribution in [3.8, 4) is 0 Å². The average Bonchev–Trinajstić information content (AvgIpc) is 3.00. The van der Waals surface area contributed by atoms with Crippen molar-refractivity contribution in [2.24, 2.45) is 4.99 Å². The first-order valence-corrected chi connectivity index (χ1v) is 14.5. The highest BCUT2D eigenvalue weighted by Crippen LogP contribution is 2.30. The van der Waals surface area contributed by atoms with Gasteiger partial charge >= 0.3 is 5.97 Å². The zero-order valence-electron chi connectivity index (χ0n) is 19.6. The molecule has 1 saturated heterocycles. The third-order valence-corrected chi connectivity index (χ3v) is 9.23. The second kappa shape index (κ2) is 11.4. The van der Waals surface area contributed by atoms with Gasteiger partial charge in [-0.25, -0.2) is 8.42 Å². The fraction of sp³-hybridized carbons (Fsp3) is 0.375. The van der Waals surface area contributed by atoms with E-state index < -0.39 is 21.9 Å². The summed E-state index contributed by atoms with van der Waals surface area (Å²) in [6.45, 7) is 2.72. The highest BCUT2D eigenvalue weighted by molar-refractivity contribution is 7.89. The number of sulfonamides is 1. The number of esters is 1. The summed E-state index contributed by atoms with van der Waals surface area (Å²) >= 11 is 13.7. The number of benzene rings is 2. The van der Waals surface area contributed by atoms with Gasteiger partial charge in [-0.3, -0.25) is 9.59 Å². The molecule has 1 aliphatic rings. The van der Waals surface area contributed by atoms with Crippen LogP contribution in [0.15, 0.2) is 46.3 Å². The molecule has 3 aromatic rings. The first-order chi connectivity index (χ1) is 17.2. The van der Waals surface area contributed by atoms with Gasteiger partial charge in [-0.2, -0.15) is 9.30 Å². The predicted octanol–water partition coefficient (Wildman–Crippen LogP) is 4.88. The Hall–Kier alpha value is -2.24. The molecule has 4 rings (SSSR count). The van der Waals surface area contributed by atoms with Crippen molar-refractivity contribution in [1.82, 2.24) is 8.87 Å². The Bertz CT molecular complexity index is 1460. The Balaban J connectivity index is 1.68. The Morgan fingerprint density at radius 3 is 2.36 bits per heavy atom. The molecular weight excluding hydrogens is 545 g/mol. The van der Waals surface area contributed by atoms with Gasteiger partial charge in [-0.1, -0.05) is 47.4 Å². The van der Waals surface area contributed by atoms with E-state index in [1.807, 2.05) is 0 Å². The van der Waals surface area contributed by atoms with Gasteiger partial charge in [0, 0.05) is 23.7 Å². The van der Waals surface area contributed by atoms with Gasteiger partial charge in [0.15, 0.2) is 4.80 Å². The summed E-state index contributed by atoms with van der Waals surface area (Å²) in [5.41, 5.74) is 0.735. The fourth-order valence-electron chi connectivity index (χ4n) is 4.05. The number of aromatic nitrogens is 1. The molecular formula is C24H25Cl2N3O5S2. The van der Waals surface area contributed by atoms with E-state index in [-0.39, 0.29) is 28.4 Å². The lowest BCUT2D eigenvalue weighted by atomic mass is 10.2. The third kappa shape index (κ3) is 5.84. The maximum atomic E-state index is 13.0. The normalized spacial score (nSPS) is 15.7. The summed E-state index contributed by atoms with van der Waals surface area (Å²) in [6.07, 6.45) is 3.72. The van der Waals surface area contributed by atoms with E-state index >= 15 is 0 Å². The van der Waals surface area contributed by atoms with Crippen LogP contribution < -0.4 is 4.80 Å². The van der Waals surface area contributed by atoms with Crippen molar-refractivity contribution in [3.05, 3.63) is 56.8 Å². The number of nitrogens with zero attached hydrogens (tertiary/aromatic N) is 3. The molecule has 192 valence electrons. The zero-order chi connectivity index (χ0) is 25.9. The minimum Gasteiger partial charge on any atom is -0.465 e. The smallest absolute Gasteiger partial charge is 0.326 e. The minimum atomic E-state index is -3.63. The Kier molecular flexibility index (Phi) is 8.52. The van der Waals surface area contributed by atoms with Gasteiger partial charge in [0.25, 0.3) is 5.91 Å². The van der Waals surface area contributed by atoms with Gasteiger partial charge in [0.05, 0.1) is 26.7 Å². The van der Waals surface area contributed by atoms with Crippen LogP contribution >= 0.6 is 34.5 Å². The standard InChI is InChI=1S/C24H25Cl2N3O5S2/c1-2-34-21(30)15-29-22-19(26)13-17(25)14-20(22)35-24(29)27-23(31)16-7-9-18(10-8-16)36(32,33)28-11-5-3-4-6-12-28/h7-10,13-14H,2-6,11-12,15H2,1H3. The number of amides is 1.